The predicted molar refractivity (Wildman–Crippen MR) is 86.0 cm³/mol. The summed E-state index contributed by atoms with van der Waals surface area (Å²) >= 11 is 1.71. The van der Waals surface area contributed by atoms with E-state index in [4.69, 9.17) is 5.73 Å². The van der Waals surface area contributed by atoms with E-state index < -0.39 is 6.04 Å². The molecule has 2 aromatic rings. The zero-order valence-electron chi connectivity index (χ0n) is 11.8. The summed E-state index contributed by atoms with van der Waals surface area (Å²) in [7, 11) is 0. The van der Waals surface area contributed by atoms with Gasteiger partial charge in [0.05, 0.1) is 6.04 Å². The van der Waals surface area contributed by atoms with Crippen molar-refractivity contribution in [1.82, 2.24) is 10.3 Å². The van der Waals surface area contributed by atoms with E-state index in [0.29, 0.717) is 6.42 Å². The van der Waals surface area contributed by atoms with Crippen molar-refractivity contribution < 1.29 is 4.79 Å². The Hall–Kier alpha value is -1.46. The molecule has 0 saturated carbocycles. The number of thioether (sulfide) groups is 1. The van der Waals surface area contributed by atoms with Crippen LogP contribution in [-0.4, -0.2) is 35.0 Å². The fourth-order valence-corrected chi connectivity index (χ4v) is 2.86. The largest absolute Gasteiger partial charge is 0.361 e. The maximum atomic E-state index is 12.0. The Bertz CT molecular complexity index is 581. The van der Waals surface area contributed by atoms with Gasteiger partial charge >= 0.3 is 0 Å². The van der Waals surface area contributed by atoms with Crippen LogP contribution in [0, 0.1) is 0 Å². The number of para-hydroxylation sites is 1. The van der Waals surface area contributed by atoms with Gasteiger partial charge in [-0.1, -0.05) is 18.2 Å². The molecule has 0 aliphatic carbocycles. The van der Waals surface area contributed by atoms with E-state index in [-0.39, 0.29) is 11.9 Å². The summed E-state index contributed by atoms with van der Waals surface area (Å²) in [6.45, 7) is 1.99. The number of nitrogens with two attached hydrogens (primary N) is 1. The first-order valence-electron chi connectivity index (χ1n) is 6.71. The van der Waals surface area contributed by atoms with E-state index in [1.807, 2.05) is 43.6 Å². The highest BCUT2D eigenvalue weighted by Crippen LogP contribution is 2.18. The third-order valence-corrected chi connectivity index (χ3v) is 4.09. The van der Waals surface area contributed by atoms with Crippen molar-refractivity contribution in [1.29, 1.82) is 0 Å². The van der Waals surface area contributed by atoms with E-state index in [0.717, 1.165) is 22.2 Å². The molecular weight excluding hydrogens is 270 g/mol. The molecule has 1 amide bonds. The number of amides is 1. The van der Waals surface area contributed by atoms with Gasteiger partial charge in [0.2, 0.25) is 5.91 Å². The van der Waals surface area contributed by atoms with Gasteiger partial charge in [-0.05, 0) is 31.2 Å². The monoisotopic (exact) mass is 291 g/mol. The number of carbonyl (C=O) groups excluding carboxylic acids is 1. The predicted octanol–water partition coefficient (Wildman–Crippen LogP) is 1.91. The van der Waals surface area contributed by atoms with Crippen LogP contribution in [-0.2, 0) is 11.2 Å². The maximum absolute atomic E-state index is 12.0. The summed E-state index contributed by atoms with van der Waals surface area (Å²) in [6.07, 6.45) is 4.50. The van der Waals surface area contributed by atoms with Crippen molar-refractivity contribution in [2.75, 3.05) is 12.0 Å². The normalized spacial score (nSPS) is 14.2. The fraction of sp³-hybridized carbons (Fsp3) is 0.400. The topological polar surface area (TPSA) is 70.9 Å². The summed E-state index contributed by atoms with van der Waals surface area (Å²) in [6, 6.07) is 7.67. The first-order chi connectivity index (χ1) is 9.61. The first kappa shape index (κ1) is 14.9. The van der Waals surface area contributed by atoms with Gasteiger partial charge in [-0.15, -0.1) is 0 Å². The molecule has 2 unspecified atom stereocenters. The van der Waals surface area contributed by atoms with E-state index in [1.165, 1.54) is 0 Å². The molecular formula is C15H21N3OS. The number of aromatic nitrogens is 1. The van der Waals surface area contributed by atoms with Gasteiger partial charge in [-0.3, -0.25) is 4.79 Å². The minimum absolute atomic E-state index is 0.0863. The zero-order valence-corrected chi connectivity index (χ0v) is 12.7. The van der Waals surface area contributed by atoms with Crippen molar-refractivity contribution in [2.24, 2.45) is 5.73 Å². The second-order valence-corrected chi connectivity index (χ2v) is 5.95. The molecule has 1 aromatic carbocycles. The number of hydrogen-bond donors (Lipinski definition) is 3. The Kier molecular flexibility index (Phi) is 5.09. The lowest BCUT2D eigenvalue weighted by atomic mass is 10.0. The molecule has 0 fully saturated rings. The molecule has 1 aromatic heterocycles. The molecule has 0 aliphatic heterocycles. The van der Waals surface area contributed by atoms with Crippen LogP contribution in [0.3, 0.4) is 0 Å². The SMILES string of the molecule is CSCC(C)NC(=O)C(N)Cc1c[nH]c2ccccc12. The van der Waals surface area contributed by atoms with Crippen LogP contribution < -0.4 is 11.1 Å². The third-order valence-electron chi connectivity index (χ3n) is 3.26. The molecule has 0 spiro atoms. The molecule has 108 valence electrons. The number of H-pyrrole nitrogens is 1. The zero-order chi connectivity index (χ0) is 14.5. The highest BCUT2D eigenvalue weighted by Gasteiger charge is 2.17. The molecule has 0 radical (unpaired) electrons. The minimum atomic E-state index is -0.515. The third kappa shape index (κ3) is 3.55. The maximum Gasteiger partial charge on any atom is 0.237 e. The van der Waals surface area contributed by atoms with E-state index in [1.54, 1.807) is 11.8 Å². The lowest BCUT2D eigenvalue weighted by Gasteiger charge is -2.16. The average molecular weight is 291 g/mol. The van der Waals surface area contributed by atoms with Crippen LogP contribution in [0.2, 0.25) is 0 Å². The Morgan fingerprint density at radius 2 is 2.20 bits per heavy atom. The Morgan fingerprint density at radius 3 is 2.95 bits per heavy atom. The number of fused-ring (bicyclic) bond motifs is 1. The summed E-state index contributed by atoms with van der Waals surface area (Å²) in [5, 5.41) is 4.08. The van der Waals surface area contributed by atoms with Crippen LogP contribution in [0.25, 0.3) is 10.9 Å². The van der Waals surface area contributed by atoms with Crippen molar-refractivity contribution in [3.8, 4) is 0 Å². The summed E-state index contributed by atoms with van der Waals surface area (Å²) < 4.78 is 0. The molecule has 2 atom stereocenters. The Morgan fingerprint density at radius 1 is 1.45 bits per heavy atom. The second kappa shape index (κ2) is 6.81. The van der Waals surface area contributed by atoms with Crippen LogP contribution in [0.4, 0.5) is 0 Å². The fourth-order valence-electron chi connectivity index (χ4n) is 2.27. The quantitative estimate of drug-likeness (QED) is 0.761. The summed E-state index contributed by atoms with van der Waals surface area (Å²) in [4.78, 5) is 15.2. The van der Waals surface area contributed by atoms with Crippen LogP contribution in [0.1, 0.15) is 12.5 Å². The van der Waals surface area contributed by atoms with Gasteiger partial charge < -0.3 is 16.0 Å². The molecule has 0 bridgehead atoms. The van der Waals surface area contributed by atoms with Gasteiger partial charge in [-0.25, -0.2) is 0 Å². The minimum Gasteiger partial charge on any atom is -0.361 e. The number of rotatable bonds is 6. The molecule has 0 saturated heterocycles. The first-order valence-corrected chi connectivity index (χ1v) is 8.11. The van der Waals surface area contributed by atoms with Gasteiger partial charge in [0.15, 0.2) is 0 Å². The van der Waals surface area contributed by atoms with Gasteiger partial charge in [-0.2, -0.15) is 11.8 Å². The van der Waals surface area contributed by atoms with Crippen molar-refractivity contribution in [3.05, 3.63) is 36.0 Å². The molecule has 20 heavy (non-hydrogen) atoms. The lowest BCUT2D eigenvalue weighted by Crippen LogP contribution is -2.46. The molecule has 4 nitrogen and oxygen atoms in total. The van der Waals surface area contributed by atoms with E-state index >= 15 is 0 Å². The van der Waals surface area contributed by atoms with Crippen molar-refractivity contribution >= 4 is 28.6 Å². The van der Waals surface area contributed by atoms with Gasteiger partial charge in [0.1, 0.15) is 0 Å². The highest BCUT2D eigenvalue weighted by atomic mass is 32.2. The second-order valence-electron chi connectivity index (χ2n) is 5.04. The number of benzene rings is 1. The highest BCUT2D eigenvalue weighted by molar-refractivity contribution is 7.98. The summed E-state index contributed by atoms with van der Waals surface area (Å²) in [5.74, 6) is 0.808. The number of aromatic amines is 1. The lowest BCUT2D eigenvalue weighted by molar-refractivity contribution is -0.122. The number of carbonyl (C=O) groups is 1. The summed E-state index contributed by atoms with van der Waals surface area (Å²) in [5.41, 5.74) is 8.17. The number of hydrogen-bond acceptors (Lipinski definition) is 3. The number of nitrogens with one attached hydrogen (secondary N) is 2. The average Bonchev–Trinajstić information content (AvgIpc) is 2.82. The van der Waals surface area contributed by atoms with E-state index in [2.05, 4.69) is 10.3 Å². The van der Waals surface area contributed by atoms with Crippen LogP contribution in [0.5, 0.6) is 0 Å². The van der Waals surface area contributed by atoms with E-state index in [9.17, 15) is 4.79 Å². The van der Waals surface area contributed by atoms with Gasteiger partial charge in [0.25, 0.3) is 0 Å². The van der Waals surface area contributed by atoms with Crippen LogP contribution >= 0.6 is 11.8 Å². The van der Waals surface area contributed by atoms with Crippen LogP contribution in [0.15, 0.2) is 30.5 Å². The standard InChI is InChI=1S/C15H21N3OS/c1-10(9-20-2)18-15(19)13(16)7-11-8-17-14-6-4-3-5-12(11)14/h3-6,8,10,13,17H,7,9,16H2,1-2H3,(H,18,19). The molecule has 5 heteroatoms. The van der Waals surface area contributed by atoms with Gasteiger partial charge in [0, 0.05) is 28.9 Å². The molecule has 1 heterocycles. The molecule has 2 rings (SSSR count). The molecule has 0 aliphatic rings. The Labute approximate surface area is 123 Å². The van der Waals surface area contributed by atoms with Crippen molar-refractivity contribution in [3.63, 3.8) is 0 Å². The Balaban J connectivity index is 2.00. The van der Waals surface area contributed by atoms with Crippen molar-refractivity contribution in [2.45, 2.75) is 25.4 Å². The smallest absolute Gasteiger partial charge is 0.237 e. The molecule has 4 N–H and O–H groups in total.